The Balaban J connectivity index is 1.61. The highest BCUT2D eigenvalue weighted by atomic mass is 19.1. The zero-order chi connectivity index (χ0) is 18.4. The first-order valence-corrected chi connectivity index (χ1v) is 8.11. The smallest absolute Gasteiger partial charge is 0.257 e. The minimum Gasteiger partial charge on any atom is -0.383 e. The van der Waals surface area contributed by atoms with E-state index in [1.165, 1.54) is 17.8 Å². The highest BCUT2D eigenvalue weighted by Crippen LogP contribution is 2.17. The third kappa shape index (κ3) is 4.63. The minimum atomic E-state index is -0.830. The molecule has 0 aliphatic rings. The van der Waals surface area contributed by atoms with E-state index in [0.29, 0.717) is 12.2 Å². The number of anilines is 2. The topological polar surface area (TPSA) is 54.0 Å². The van der Waals surface area contributed by atoms with Crippen LogP contribution < -0.4 is 10.6 Å². The second kappa shape index (κ2) is 8.20. The fraction of sp³-hybridized carbons (Fsp3) is 0.100. The van der Waals surface area contributed by atoms with Crippen LogP contribution in [0.2, 0.25) is 0 Å². The first-order chi connectivity index (χ1) is 12.6. The van der Waals surface area contributed by atoms with Crippen LogP contribution >= 0.6 is 0 Å². The summed E-state index contributed by atoms with van der Waals surface area (Å²) in [6, 6.07) is 14.6. The van der Waals surface area contributed by atoms with Crippen LogP contribution in [0.3, 0.4) is 0 Å². The van der Waals surface area contributed by atoms with E-state index in [0.717, 1.165) is 18.6 Å². The number of hydrogen-bond acceptors (Lipinski definition) is 3. The molecule has 1 amide bonds. The van der Waals surface area contributed by atoms with Crippen LogP contribution in [0.4, 0.5) is 20.2 Å². The molecule has 4 nitrogen and oxygen atoms in total. The van der Waals surface area contributed by atoms with E-state index in [-0.39, 0.29) is 11.3 Å². The molecule has 26 heavy (non-hydrogen) atoms. The van der Waals surface area contributed by atoms with Gasteiger partial charge >= 0.3 is 0 Å². The molecule has 0 spiro atoms. The number of carbonyl (C=O) groups excluding carboxylic acids is 1. The first kappa shape index (κ1) is 17.5. The van der Waals surface area contributed by atoms with E-state index in [2.05, 4.69) is 15.6 Å². The van der Waals surface area contributed by atoms with Gasteiger partial charge in [-0.15, -0.1) is 0 Å². The quantitative estimate of drug-likeness (QED) is 0.696. The molecule has 1 heterocycles. The average Bonchev–Trinajstić information content (AvgIpc) is 2.65. The molecule has 0 fully saturated rings. The van der Waals surface area contributed by atoms with Crippen molar-refractivity contribution in [3.05, 3.63) is 89.8 Å². The fourth-order valence-electron chi connectivity index (χ4n) is 2.44. The van der Waals surface area contributed by atoms with Gasteiger partial charge in [0, 0.05) is 25.0 Å². The Labute approximate surface area is 149 Å². The average molecular weight is 353 g/mol. The molecule has 1 aromatic heterocycles. The van der Waals surface area contributed by atoms with Crippen LogP contribution in [0.5, 0.6) is 0 Å². The maximum Gasteiger partial charge on any atom is 0.257 e. The van der Waals surface area contributed by atoms with Gasteiger partial charge in [0.25, 0.3) is 5.91 Å². The number of halogens is 2. The van der Waals surface area contributed by atoms with Crippen molar-refractivity contribution in [3.63, 3.8) is 0 Å². The molecule has 2 aromatic carbocycles. The van der Waals surface area contributed by atoms with Gasteiger partial charge < -0.3 is 10.6 Å². The van der Waals surface area contributed by atoms with E-state index >= 15 is 0 Å². The molecule has 0 aliphatic heterocycles. The van der Waals surface area contributed by atoms with Crippen LogP contribution in [0.15, 0.2) is 67.0 Å². The van der Waals surface area contributed by atoms with Crippen LogP contribution in [-0.4, -0.2) is 17.4 Å². The Morgan fingerprint density at radius 3 is 2.58 bits per heavy atom. The number of hydrogen-bond donors (Lipinski definition) is 2. The van der Waals surface area contributed by atoms with Crippen molar-refractivity contribution in [2.75, 3.05) is 17.2 Å². The lowest BCUT2D eigenvalue weighted by Gasteiger charge is -2.09. The molecule has 0 bridgehead atoms. The van der Waals surface area contributed by atoms with E-state index in [9.17, 15) is 13.6 Å². The third-order valence-corrected chi connectivity index (χ3v) is 3.77. The van der Waals surface area contributed by atoms with Crippen LogP contribution in [0.25, 0.3) is 0 Å². The number of carbonyl (C=O) groups is 1. The number of amides is 1. The summed E-state index contributed by atoms with van der Waals surface area (Å²) in [4.78, 5) is 16.3. The van der Waals surface area contributed by atoms with Crippen molar-refractivity contribution in [2.24, 2.45) is 0 Å². The SMILES string of the molecule is O=C(Nc1ccc(F)cc1F)c1cncc(NCCc2ccccc2)c1. The van der Waals surface area contributed by atoms with Gasteiger partial charge in [0.1, 0.15) is 11.6 Å². The molecule has 3 aromatic rings. The molecule has 0 saturated heterocycles. The molecule has 0 unspecified atom stereocenters. The number of aromatic nitrogens is 1. The Morgan fingerprint density at radius 1 is 1.00 bits per heavy atom. The maximum absolute atomic E-state index is 13.7. The molecule has 0 saturated carbocycles. The summed E-state index contributed by atoms with van der Waals surface area (Å²) < 4.78 is 26.6. The predicted molar refractivity (Wildman–Crippen MR) is 97.2 cm³/mol. The summed E-state index contributed by atoms with van der Waals surface area (Å²) in [5.74, 6) is -2.05. The zero-order valence-electron chi connectivity index (χ0n) is 13.9. The van der Waals surface area contributed by atoms with Crippen molar-refractivity contribution in [1.29, 1.82) is 0 Å². The molecular formula is C20H17F2N3O. The first-order valence-electron chi connectivity index (χ1n) is 8.11. The predicted octanol–water partition coefficient (Wildman–Crippen LogP) is 4.27. The van der Waals surface area contributed by atoms with Crippen molar-refractivity contribution in [3.8, 4) is 0 Å². The van der Waals surface area contributed by atoms with Gasteiger partial charge in [0.05, 0.1) is 16.9 Å². The van der Waals surface area contributed by atoms with Crippen molar-refractivity contribution in [2.45, 2.75) is 6.42 Å². The summed E-state index contributed by atoms with van der Waals surface area (Å²) in [6.45, 7) is 0.684. The molecule has 0 atom stereocenters. The molecule has 0 aliphatic carbocycles. The summed E-state index contributed by atoms with van der Waals surface area (Å²) >= 11 is 0. The lowest BCUT2D eigenvalue weighted by Crippen LogP contribution is -2.14. The normalized spacial score (nSPS) is 10.4. The second-order valence-corrected chi connectivity index (χ2v) is 5.70. The van der Waals surface area contributed by atoms with Crippen molar-refractivity contribution in [1.82, 2.24) is 4.98 Å². The largest absolute Gasteiger partial charge is 0.383 e. The number of benzene rings is 2. The lowest BCUT2D eigenvalue weighted by atomic mass is 10.1. The zero-order valence-corrected chi connectivity index (χ0v) is 13.9. The highest BCUT2D eigenvalue weighted by molar-refractivity contribution is 6.04. The summed E-state index contributed by atoms with van der Waals surface area (Å²) in [5.41, 5.74) is 2.08. The number of nitrogens with one attached hydrogen (secondary N) is 2. The summed E-state index contributed by atoms with van der Waals surface area (Å²) in [6.07, 6.45) is 3.83. The van der Waals surface area contributed by atoms with E-state index in [1.807, 2.05) is 30.3 Å². The molecule has 0 radical (unpaired) electrons. The van der Waals surface area contributed by atoms with Gasteiger partial charge in [-0.2, -0.15) is 0 Å². The van der Waals surface area contributed by atoms with Gasteiger partial charge in [-0.3, -0.25) is 9.78 Å². The Kier molecular flexibility index (Phi) is 5.53. The Bertz CT molecular complexity index is 901. The van der Waals surface area contributed by atoms with Crippen molar-refractivity contribution < 1.29 is 13.6 Å². The van der Waals surface area contributed by atoms with Crippen LogP contribution in [0, 0.1) is 11.6 Å². The number of rotatable bonds is 6. The van der Waals surface area contributed by atoms with Gasteiger partial charge in [-0.1, -0.05) is 30.3 Å². The molecular weight excluding hydrogens is 336 g/mol. The number of pyridine rings is 1. The lowest BCUT2D eigenvalue weighted by molar-refractivity contribution is 0.102. The second-order valence-electron chi connectivity index (χ2n) is 5.70. The summed E-state index contributed by atoms with van der Waals surface area (Å²) in [7, 11) is 0. The fourth-order valence-corrected chi connectivity index (χ4v) is 2.44. The summed E-state index contributed by atoms with van der Waals surface area (Å²) in [5, 5.41) is 5.62. The standard InChI is InChI=1S/C20H17F2N3O/c21-16-6-7-19(18(22)11-16)25-20(26)15-10-17(13-23-12-15)24-9-8-14-4-2-1-3-5-14/h1-7,10-13,24H,8-9H2,(H,25,26). The Hall–Kier alpha value is -3.28. The highest BCUT2D eigenvalue weighted by Gasteiger charge is 2.11. The molecule has 3 rings (SSSR count). The van der Waals surface area contributed by atoms with Gasteiger partial charge in [0.2, 0.25) is 0 Å². The van der Waals surface area contributed by atoms with Crippen LogP contribution in [0.1, 0.15) is 15.9 Å². The third-order valence-electron chi connectivity index (χ3n) is 3.77. The minimum absolute atomic E-state index is 0.0844. The van der Waals surface area contributed by atoms with Gasteiger partial charge in [-0.25, -0.2) is 8.78 Å². The van der Waals surface area contributed by atoms with E-state index in [1.54, 1.807) is 12.3 Å². The van der Waals surface area contributed by atoms with E-state index in [4.69, 9.17) is 0 Å². The van der Waals surface area contributed by atoms with Crippen LogP contribution in [-0.2, 0) is 6.42 Å². The maximum atomic E-state index is 13.7. The molecule has 132 valence electrons. The number of nitrogens with zero attached hydrogens (tertiary/aromatic N) is 1. The van der Waals surface area contributed by atoms with Gasteiger partial charge in [-0.05, 0) is 30.2 Å². The molecule has 2 N–H and O–H groups in total. The van der Waals surface area contributed by atoms with Crippen molar-refractivity contribution >= 4 is 17.3 Å². The molecule has 6 heteroatoms. The monoisotopic (exact) mass is 353 g/mol. The van der Waals surface area contributed by atoms with Gasteiger partial charge in [0.15, 0.2) is 0 Å². The Morgan fingerprint density at radius 2 is 1.81 bits per heavy atom. The van der Waals surface area contributed by atoms with E-state index < -0.39 is 17.5 Å².